The molecule has 1 unspecified atom stereocenters. The molecule has 0 spiro atoms. The SMILES string of the molecule is CCCNC(C)c1c(OC)cccc1-n1ccnc1. The smallest absolute Gasteiger partial charge is 0.125 e. The summed E-state index contributed by atoms with van der Waals surface area (Å²) in [6.45, 7) is 5.31. The highest BCUT2D eigenvalue weighted by atomic mass is 16.5. The second-order valence-corrected chi connectivity index (χ2v) is 4.54. The third kappa shape index (κ3) is 2.96. The van der Waals surface area contributed by atoms with E-state index in [1.54, 1.807) is 13.3 Å². The zero-order valence-electron chi connectivity index (χ0n) is 11.8. The van der Waals surface area contributed by atoms with Crippen molar-refractivity contribution < 1.29 is 4.74 Å². The Bertz CT molecular complexity index is 508. The average molecular weight is 259 g/mol. The van der Waals surface area contributed by atoms with Gasteiger partial charge in [-0.15, -0.1) is 0 Å². The van der Waals surface area contributed by atoms with Crippen LogP contribution >= 0.6 is 0 Å². The summed E-state index contributed by atoms with van der Waals surface area (Å²) in [6.07, 6.45) is 6.66. The van der Waals surface area contributed by atoms with Crippen molar-refractivity contribution in [3.63, 3.8) is 0 Å². The van der Waals surface area contributed by atoms with E-state index >= 15 is 0 Å². The molecule has 0 fully saturated rings. The Kier molecular flexibility index (Phi) is 4.58. The molecule has 0 saturated heterocycles. The topological polar surface area (TPSA) is 39.1 Å². The number of imidazole rings is 1. The molecule has 2 aromatic rings. The van der Waals surface area contributed by atoms with Gasteiger partial charge in [0.2, 0.25) is 0 Å². The standard InChI is InChI=1S/C15H21N3O/c1-4-8-17-12(2)15-13(18-10-9-16-11-18)6-5-7-14(15)19-3/h5-7,9-12,17H,4,8H2,1-3H3. The van der Waals surface area contributed by atoms with Crippen molar-refractivity contribution in [1.82, 2.24) is 14.9 Å². The number of aromatic nitrogens is 2. The van der Waals surface area contributed by atoms with Gasteiger partial charge in [0, 0.05) is 24.0 Å². The van der Waals surface area contributed by atoms with Crippen LogP contribution in [0, 0.1) is 0 Å². The molecule has 102 valence electrons. The van der Waals surface area contributed by atoms with Crippen molar-refractivity contribution in [3.8, 4) is 11.4 Å². The van der Waals surface area contributed by atoms with Gasteiger partial charge in [0.05, 0.1) is 19.1 Å². The highest BCUT2D eigenvalue weighted by Gasteiger charge is 2.16. The zero-order valence-corrected chi connectivity index (χ0v) is 11.8. The van der Waals surface area contributed by atoms with E-state index in [1.165, 1.54) is 0 Å². The molecular weight excluding hydrogens is 238 g/mol. The fourth-order valence-corrected chi connectivity index (χ4v) is 2.24. The average Bonchev–Trinajstić information content (AvgIpc) is 2.97. The molecule has 0 aliphatic carbocycles. The monoisotopic (exact) mass is 259 g/mol. The first-order chi connectivity index (χ1) is 9.27. The van der Waals surface area contributed by atoms with E-state index in [1.807, 2.05) is 29.2 Å². The van der Waals surface area contributed by atoms with Crippen molar-refractivity contribution >= 4 is 0 Å². The van der Waals surface area contributed by atoms with Crippen LogP contribution in [0.3, 0.4) is 0 Å². The molecule has 19 heavy (non-hydrogen) atoms. The quantitative estimate of drug-likeness (QED) is 0.867. The highest BCUT2D eigenvalue weighted by molar-refractivity contribution is 5.51. The summed E-state index contributed by atoms with van der Waals surface area (Å²) in [7, 11) is 1.71. The molecule has 2 rings (SSSR count). The lowest BCUT2D eigenvalue weighted by molar-refractivity contribution is 0.401. The number of hydrogen-bond donors (Lipinski definition) is 1. The van der Waals surface area contributed by atoms with Crippen LogP contribution in [0.1, 0.15) is 31.9 Å². The maximum atomic E-state index is 5.51. The molecule has 1 aromatic carbocycles. The van der Waals surface area contributed by atoms with E-state index in [-0.39, 0.29) is 6.04 Å². The number of nitrogens with one attached hydrogen (secondary N) is 1. The van der Waals surface area contributed by atoms with Gasteiger partial charge in [-0.3, -0.25) is 0 Å². The van der Waals surface area contributed by atoms with Gasteiger partial charge in [0.15, 0.2) is 0 Å². The normalized spacial score (nSPS) is 12.4. The first-order valence-corrected chi connectivity index (χ1v) is 6.66. The van der Waals surface area contributed by atoms with Crippen LogP contribution < -0.4 is 10.1 Å². The van der Waals surface area contributed by atoms with Gasteiger partial charge in [-0.25, -0.2) is 4.98 Å². The van der Waals surface area contributed by atoms with Gasteiger partial charge in [0.1, 0.15) is 5.75 Å². The number of nitrogens with zero attached hydrogens (tertiary/aromatic N) is 2. The lowest BCUT2D eigenvalue weighted by Gasteiger charge is -2.21. The molecule has 1 atom stereocenters. The molecule has 1 N–H and O–H groups in total. The van der Waals surface area contributed by atoms with Gasteiger partial charge >= 0.3 is 0 Å². The van der Waals surface area contributed by atoms with Crippen LogP contribution in [0.25, 0.3) is 5.69 Å². The molecule has 1 heterocycles. The molecule has 0 aliphatic heterocycles. The Balaban J connectivity index is 2.43. The fourth-order valence-electron chi connectivity index (χ4n) is 2.24. The van der Waals surface area contributed by atoms with Gasteiger partial charge in [-0.1, -0.05) is 13.0 Å². The first-order valence-electron chi connectivity index (χ1n) is 6.66. The molecule has 0 aliphatic rings. The maximum absolute atomic E-state index is 5.51. The minimum Gasteiger partial charge on any atom is -0.496 e. The number of methoxy groups -OCH3 is 1. The van der Waals surface area contributed by atoms with E-state index in [9.17, 15) is 0 Å². The van der Waals surface area contributed by atoms with Gasteiger partial charge in [-0.2, -0.15) is 0 Å². The molecule has 0 saturated carbocycles. The minimum atomic E-state index is 0.230. The summed E-state index contributed by atoms with van der Waals surface area (Å²) < 4.78 is 7.53. The zero-order chi connectivity index (χ0) is 13.7. The molecule has 0 bridgehead atoms. The van der Waals surface area contributed by atoms with Gasteiger partial charge < -0.3 is 14.6 Å². The Morgan fingerprint density at radius 1 is 1.42 bits per heavy atom. The minimum absolute atomic E-state index is 0.230. The van der Waals surface area contributed by atoms with Gasteiger partial charge in [0.25, 0.3) is 0 Å². The second-order valence-electron chi connectivity index (χ2n) is 4.54. The number of rotatable bonds is 6. The van der Waals surface area contributed by atoms with Crippen molar-refractivity contribution in [3.05, 3.63) is 42.5 Å². The van der Waals surface area contributed by atoms with E-state index < -0.39 is 0 Å². The summed E-state index contributed by atoms with van der Waals surface area (Å²) in [5, 5.41) is 3.51. The van der Waals surface area contributed by atoms with Crippen molar-refractivity contribution in [2.45, 2.75) is 26.3 Å². The summed E-state index contributed by atoms with van der Waals surface area (Å²) in [6, 6.07) is 6.32. The molecule has 4 nitrogen and oxygen atoms in total. The molecule has 1 aromatic heterocycles. The third-order valence-corrected chi connectivity index (χ3v) is 3.18. The van der Waals surface area contributed by atoms with E-state index in [2.05, 4.69) is 30.2 Å². The summed E-state index contributed by atoms with van der Waals surface area (Å²) >= 11 is 0. The van der Waals surface area contributed by atoms with Crippen molar-refractivity contribution in [1.29, 1.82) is 0 Å². The van der Waals surface area contributed by atoms with Crippen LogP contribution in [-0.4, -0.2) is 23.2 Å². The van der Waals surface area contributed by atoms with Crippen molar-refractivity contribution in [2.75, 3.05) is 13.7 Å². The molecular formula is C15H21N3O. The largest absolute Gasteiger partial charge is 0.496 e. The predicted molar refractivity (Wildman–Crippen MR) is 76.8 cm³/mol. The van der Waals surface area contributed by atoms with E-state index in [4.69, 9.17) is 4.74 Å². The second kappa shape index (κ2) is 6.38. The lowest BCUT2D eigenvalue weighted by atomic mass is 10.0. The first kappa shape index (κ1) is 13.6. The molecule has 0 radical (unpaired) electrons. The Labute approximate surface area is 114 Å². The Hall–Kier alpha value is -1.81. The van der Waals surface area contributed by atoms with E-state index in [0.29, 0.717) is 0 Å². The summed E-state index contributed by atoms with van der Waals surface area (Å²) in [5.41, 5.74) is 2.27. The highest BCUT2D eigenvalue weighted by Crippen LogP contribution is 2.31. The number of hydrogen-bond acceptors (Lipinski definition) is 3. The number of ether oxygens (including phenoxy) is 1. The van der Waals surface area contributed by atoms with Crippen molar-refractivity contribution in [2.24, 2.45) is 0 Å². The van der Waals surface area contributed by atoms with Crippen LogP contribution in [0.5, 0.6) is 5.75 Å². The summed E-state index contributed by atoms with van der Waals surface area (Å²) in [4.78, 5) is 4.12. The fraction of sp³-hybridized carbons (Fsp3) is 0.400. The maximum Gasteiger partial charge on any atom is 0.125 e. The van der Waals surface area contributed by atoms with E-state index in [0.717, 1.165) is 30.0 Å². The van der Waals surface area contributed by atoms with Gasteiger partial charge in [-0.05, 0) is 32.0 Å². The predicted octanol–water partition coefficient (Wildman–Crippen LogP) is 2.94. The lowest BCUT2D eigenvalue weighted by Crippen LogP contribution is -2.21. The Morgan fingerprint density at radius 2 is 2.26 bits per heavy atom. The third-order valence-electron chi connectivity index (χ3n) is 3.18. The van der Waals surface area contributed by atoms with Crippen LogP contribution in [0.15, 0.2) is 36.9 Å². The van der Waals surface area contributed by atoms with Crippen LogP contribution in [0.4, 0.5) is 0 Å². The summed E-state index contributed by atoms with van der Waals surface area (Å²) in [5.74, 6) is 0.905. The van der Waals surface area contributed by atoms with Crippen LogP contribution in [-0.2, 0) is 0 Å². The van der Waals surface area contributed by atoms with Crippen LogP contribution in [0.2, 0.25) is 0 Å². The molecule has 4 heteroatoms. The Morgan fingerprint density at radius 3 is 2.89 bits per heavy atom. The molecule has 0 amide bonds. The number of benzene rings is 1.